The van der Waals surface area contributed by atoms with E-state index in [0.29, 0.717) is 6.61 Å². The van der Waals surface area contributed by atoms with Gasteiger partial charge in [0.05, 0.1) is 22.1 Å². The molecule has 0 atom stereocenters. The second-order valence-electron chi connectivity index (χ2n) is 6.03. The molecule has 144 valence electrons. The van der Waals surface area contributed by atoms with Crippen molar-refractivity contribution in [3.63, 3.8) is 0 Å². The summed E-state index contributed by atoms with van der Waals surface area (Å²) in [6.45, 7) is 2.75. The average Bonchev–Trinajstić information content (AvgIpc) is 3.03. The molecule has 0 N–H and O–H groups in total. The van der Waals surface area contributed by atoms with Gasteiger partial charge in [0, 0.05) is 12.1 Å². The number of rotatable bonds is 7. The van der Waals surface area contributed by atoms with Crippen LogP contribution in [0, 0.1) is 10.1 Å². The molecule has 1 aliphatic heterocycles. The third kappa shape index (κ3) is 4.55. The minimum atomic E-state index is -0.652. The molecule has 3 rings (SSSR count). The van der Waals surface area contributed by atoms with Crippen LogP contribution < -0.4 is 4.74 Å². The zero-order chi connectivity index (χ0) is 20.1. The van der Waals surface area contributed by atoms with Gasteiger partial charge in [-0.3, -0.25) is 10.1 Å². The Kier molecular flexibility index (Phi) is 6.06. The highest BCUT2D eigenvalue weighted by atomic mass is 35.5. The molecule has 0 fully saturated rings. The SMILES string of the molecule is CCCCOc1ccc(/C=C2\N=C(c3cc([N+](=O)[O-])ccc3Cl)OC2=O)cc1. The smallest absolute Gasteiger partial charge is 0.363 e. The van der Waals surface area contributed by atoms with Crippen LogP contribution in [-0.4, -0.2) is 23.4 Å². The number of carbonyl (C=O) groups excluding carboxylic acids is 1. The summed E-state index contributed by atoms with van der Waals surface area (Å²) in [7, 11) is 0. The molecule has 2 aromatic carbocycles. The topological polar surface area (TPSA) is 91.0 Å². The number of esters is 1. The third-order valence-corrected chi connectivity index (χ3v) is 4.29. The molecular weight excluding hydrogens is 384 g/mol. The lowest BCUT2D eigenvalue weighted by atomic mass is 10.2. The molecule has 8 heteroatoms. The van der Waals surface area contributed by atoms with E-state index in [-0.39, 0.29) is 27.9 Å². The summed E-state index contributed by atoms with van der Waals surface area (Å²) in [4.78, 5) is 26.7. The highest BCUT2D eigenvalue weighted by Crippen LogP contribution is 2.27. The van der Waals surface area contributed by atoms with E-state index in [1.165, 1.54) is 18.2 Å². The van der Waals surface area contributed by atoms with E-state index in [1.54, 1.807) is 18.2 Å². The Bertz CT molecular complexity index is 967. The molecule has 0 aliphatic carbocycles. The maximum absolute atomic E-state index is 12.1. The van der Waals surface area contributed by atoms with Gasteiger partial charge in [-0.1, -0.05) is 37.1 Å². The Morgan fingerprint density at radius 1 is 1.25 bits per heavy atom. The van der Waals surface area contributed by atoms with Gasteiger partial charge in [-0.25, -0.2) is 9.79 Å². The van der Waals surface area contributed by atoms with Crippen molar-refractivity contribution in [3.8, 4) is 5.75 Å². The number of non-ortho nitro benzene ring substituents is 1. The van der Waals surface area contributed by atoms with Crippen LogP contribution in [0.15, 0.2) is 53.2 Å². The van der Waals surface area contributed by atoms with Gasteiger partial charge in [-0.15, -0.1) is 0 Å². The van der Waals surface area contributed by atoms with E-state index >= 15 is 0 Å². The molecule has 0 radical (unpaired) electrons. The first-order chi connectivity index (χ1) is 13.5. The van der Waals surface area contributed by atoms with Gasteiger partial charge in [-0.05, 0) is 36.3 Å². The van der Waals surface area contributed by atoms with E-state index in [4.69, 9.17) is 21.1 Å². The summed E-state index contributed by atoms with van der Waals surface area (Å²) in [5, 5.41) is 11.2. The van der Waals surface area contributed by atoms with E-state index in [9.17, 15) is 14.9 Å². The highest BCUT2D eigenvalue weighted by molar-refractivity contribution is 6.34. The predicted molar refractivity (Wildman–Crippen MR) is 106 cm³/mol. The Balaban J connectivity index is 1.82. The Morgan fingerprint density at radius 3 is 2.68 bits per heavy atom. The molecule has 1 aliphatic rings. The van der Waals surface area contributed by atoms with E-state index in [2.05, 4.69) is 11.9 Å². The molecule has 2 aromatic rings. The zero-order valence-corrected chi connectivity index (χ0v) is 15.8. The lowest BCUT2D eigenvalue weighted by Gasteiger charge is -2.05. The largest absolute Gasteiger partial charge is 0.494 e. The molecular formula is C20H17ClN2O5. The van der Waals surface area contributed by atoms with Crippen molar-refractivity contribution in [1.82, 2.24) is 0 Å². The summed E-state index contributed by atoms with van der Waals surface area (Å²) < 4.78 is 10.7. The number of unbranched alkanes of at least 4 members (excludes halogenated alkanes) is 1. The number of hydrogen-bond acceptors (Lipinski definition) is 6. The molecule has 7 nitrogen and oxygen atoms in total. The van der Waals surface area contributed by atoms with Gasteiger partial charge < -0.3 is 9.47 Å². The van der Waals surface area contributed by atoms with Crippen molar-refractivity contribution < 1.29 is 19.2 Å². The molecule has 0 bridgehead atoms. The Labute approximate surface area is 166 Å². The maximum atomic E-state index is 12.1. The first kappa shape index (κ1) is 19.6. The number of benzene rings is 2. The fraction of sp³-hybridized carbons (Fsp3) is 0.200. The number of carbonyl (C=O) groups is 1. The minimum Gasteiger partial charge on any atom is -0.494 e. The molecule has 0 unspecified atom stereocenters. The lowest BCUT2D eigenvalue weighted by molar-refractivity contribution is -0.384. The van der Waals surface area contributed by atoms with Gasteiger partial charge in [0.2, 0.25) is 5.90 Å². The van der Waals surface area contributed by atoms with Crippen molar-refractivity contribution in [2.45, 2.75) is 19.8 Å². The summed E-state index contributed by atoms with van der Waals surface area (Å²) in [6, 6.07) is 11.1. The number of ether oxygens (including phenoxy) is 2. The first-order valence-electron chi connectivity index (χ1n) is 8.67. The monoisotopic (exact) mass is 400 g/mol. The normalized spacial score (nSPS) is 14.7. The zero-order valence-electron chi connectivity index (χ0n) is 15.1. The van der Waals surface area contributed by atoms with Crippen molar-refractivity contribution in [1.29, 1.82) is 0 Å². The van der Waals surface area contributed by atoms with Crippen LogP contribution in [0.5, 0.6) is 5.75 Å². The summed E-state index contributed by atoms with van der Waals surface area (Å²) in [5.74, 6) is 0.0301. The fourth-order valence-corrected chi connectivity index (χ4v) is 2.67. The van der Waals surface area contributed by atoms with Crippen LogP contribution >= 0.6 is 11.6 Å². The summed E-state index contributed by atoms with van der Waals surface area (Å²) >= 11 is 6.08. The van der Waals surface area contributed by atoms with Crippen LogP contribution in [0.1, 0.15) is 30.9 Å². The van der Waals surface area contributed by atoms with Crippen LogP contribution in [0.4, 0.5) is 5.69 Å². The van der Waals surface area contributed by atoms with Crippen LogP contribution in [0.3, 0.4) is 0 Å². The average molecular weight is 401 g/mol. The van der Waals surface area contributed by atoms with Crippen molar-refractivity contribution >= 4 is 35.2 Å². The molecule has 0 amide bonds. The predicted octanol–water partition coefficient (Wildman–Crippen LogP) is 4.77. The van der Waals surface area contributed by atoms with E-state index < -0.39 is 10.9 Å². The Hall–Kier alpha value is -3.19. The number of nitrogens with zero attached hydrogens (tertiary/aromatic N) is 2. The van der Waals surface area contributed by atoms with E-state index in [1.807, 2.05) is 12.1 Å². The first-order valence-corrected chi connectivity index (χ1v) is 9.05. The third-order valence-electron chi connectivity index (χ3n) is 3.96. The number of cyclic esters (lactones) is 1. The van der Waals surface area contributed by atoms with Gasteiger partial charge in [0.15, 0.2) is 5.70 Å². The molecule has 0 spiro atoms. The van der Waals surface area contributed by atoms with Crippen molar-refractivity contribution in [2.24, 2.45) is 4.99 Å². The molecule has 28 heavy (non-hydrogen) atoms. The molecule has 0 saturated carbocycles. The lowest BCUT2D eigenvalue weighted by Crippen LogP contribution is -2.06. The van der Waals surface area contributed by atoms with Gasteiger partial charge >= 0.3 is 5.97 Å². The number of hydrogen-bond donors (Lipinski definition) is 0. The van der Waals surface area contributed by atoms with Crippen molar-refractivity contribution in [2.75, 3.05) is 6.61 Å². The van der Waals surface area contributed by atoms with Gasteiger partial charge in [0.25, 0.3) is 5.69 Å². The Morgan fingerprint density at radius 2 is 2.00 bits per heavy atom. The standard InChI is InChI=1S/C20H17ClN2O5/c1-2-3-10-27-15-7-4-13(5-8-15)11-18-20(24)28-19(22-18)16-12-14(23(25)26)6-9-17(16)21/h4-9,11-12H,2-3,10H2,1H3/b18-11-. The van der Waals surface area contributed by atoms with Crippen LogP contribution in [-0.2, 0) is 9.53 Å². The van der Waals surface area contributed by atoms with Gasteiger partial charge in [-0.2, -0.15) is 0 Å². The molecule has 0 aromatic heterocycles. The van der Waals surface area contributed by atoms with Crippen molar-refractivity contribution in [3.05, 3.63) is 74.4 Å². The number of aliphatic imine (C=N–C) groups is 1. The number of nitro benzene ring substituents is 1. The number of nitro groups is 1. The van der Waals surface area contributed by atoms with E-state index in [0.717, 1.165) is 24.2 Å². The fourth-order valence-electron chi connectivity index (χ4n) is 2.47. The van der Waals surface area contributed by atoms with Crippen LogP contribution in [0.25, 0.3) is 6.08 Å². The minimum absolute atomic E-state index is 0.0653. The van der Waals surface area contributed by atoms with Gasteiger partial charge in [0.1, 0.15) is 5.75 Å². The second kappa shape index (κ2) is 8.67. The molecule has 1 heterocycles. The maximum Gasteiger partial charge on any atom is 0.363 e. The molecule has 0 saturated heterocycles. The summed E-state index contributed by atoms with van der Waals surface area (Å²) in [5.41, 5.74) is 0.837. The summed E-state index contributed by atoms with van der Waals surface area (Å²) in [6.07, 6.45) is 3.60. The number of halogens is 1. The van der Waals surface area contributed by atoms with Crippen LogP contribution in [0.2, 0.25) is 5.02 Å². The second-order valence-corrected chi connectivity index (χ2v) is 6.44. The quantitative estimate of drug-likeness (QED) is 0.219. The highest BCUT2D eigenvalue weighted by Gasteiger charge is 2.27.